The van der Waals surface area contributed by atoms with Crippen LogP contribution >= 0.6 is 23.1 Å². The van der Waals surface area contributed by atoms with E-state index in [0.29, 0.717) is 17.5 Å². The average molecular weight is 405 g/mol. The van der Waals surface area contributed by atoms with Gasteiger partial charge < -0.3 is 9.64 Å². The Bertz CT molecular complexity index is 778. The fourth-order valence-corrected chi connectivity index (χ4v) is 5.20. The highest BCUT2D eigenvalue weighted by Gasteiger charge is 2.28. The van der Waals surface area contributed by atoms with Gasteiger partial charge in [0.05, 0.1) is 23.5 Å². The molecule has 27 heavy (non-hydrogen) atoms. The van der Waals surface area contributed by atoms with Crippen LogP contribution in [0.25, 0.3) is 0 Å². The number of thiazole rings is 1. The molecule has 2 aliphatic rings. The highest BCUT2D eigenvalue weighted by molar-refractivity contribution is 7.99. The van der Waals surface area contributed by atoms with Gasteiger partial charge in [-0.15, -0.1) is 11.3 Å². The first-order chi connectivity index (χ1) is 13.2. The number of aromatic nitrogens is 3. The molecule has 2 saturated heterocycles. The number of hydrogen-bond acceptors (Lipinski definition) is 7. The van der Waals surface area contributed by atoms with E-state index in [2.05, 4.69) is 16.9 Å². The van der Waals surface area contributed by atoms with Crippen LogP contribution in [-0.2, 0) is 4.74 Å². The second-order valence-corrected chi connectivity index (χ2v) is 9.00. The van der Waals surface area contributed by atoms with Crippen molar-refractivity contribution in [3.63, 3.8) is 0 Å². The van der Waals surface area contributed by atoms with Crippen molar-refractivity contribution in [1.82, 2.24) is 19.9 Å². The van der Waals surface area contributed by atoms with Crippen LogP contribution in [0.1, 0.15) is 52.5 Å². The number of carbonyl (C=O) groups is 1. The lowest BCUT2D eigenvalue weighted by Crippen LogP contribution is -2.39. The van der Waals surface area contributed by atoms with Crippen molar-refractivity contribution in [2.24, 2.45) is 0 Å². The van der Waals surface area contributed by atoms with Crippen LogP contribution in [0, 0.1) is 6.92 Å². The molecule has 4 heterocycles. The van der Waals surface area contributed by atoms with Crippen LogP contribution in [0.5, 0.6) is 0 Å². The first-order valence-corrected chi connectivity index (χ1v) is 11.3. The number of likely N-dealkylation sites (tertiary alicyclic amines) is 1. The van der Waals surface area contributed by atoms with Crippen molar-refractivity contribution in [3.8, 4) is 0 Å². The zero-order valence-corrected chi connectivity index (χ0v) is 17.1. The largest absolute Gasteiger partial charge is 0.377 e. The summed E-state index contributed by atoms with van der Waals surface area (Å²) in [6, 6.07) is 0. The number of carbonyl (C=O) groups excluding carboxylic acids is 1. The van der Waals surface area contributed by atoms with Crippen LogP contribution in [0.4, 0.5) is 0 Å². The first kappa shape index (κ1) is 18.8. The van der Waals surface area contributed by atoms with Gasteiger partial charge in [0.1, 0.15) is 4.88 Å². The van der Waals surface area contributed by atoms with Gasteiger partial charge in [-0.2, -0.15) is 0 Å². The summed E-state index contributed by atoms with van der Waals surface area (Å²) < 4.78 is 5.70. The highest BCUT2D eigenvalue weighted by atomic mass is 32.2. The smallest absolute Gasteiger partial charge is 0.265 e. The van der Waals surface area contributed by atoms with E-state index < -0.39 is 0 Å². The van der Waals surface area contributed by atoms with E-state index in [-0.39, 0.29) is 11.8 Å². The van der Waals surface area contributed by atoms with Gasteiger partial charge in [0.2, 0.25) is 0 Å². The number of hydrogen-bond donors (Lipinski definition) is 0. The fraction of sp³-hybridized carbons (Fsp3) is 0.579. The van der Waals surface area contributed by atoms with Crippen LogP contribution in [0.3, 0.4) is 0 Å². The van der Waals surface area contributed by atoms with E-state index >= 15 is 0 Å². The molecule has 144 valence electrons. The topological polar surface area (TPSA) is 68.2 Å². The Hall–Kier alpha value is -1.51. The standard InChI is InChI=1S/C19H24N4O2S2/c1-13-8-21-19(26-11-15-5-3-7-25-15)22-17(13)14-4-2-6-23(10-14)18(24)16-9-20-12-27-16/h8-9,12,14-15H,2-7,10-11H2,1H3/t14-,15-/m1/s1. The third-order valence-corrected chi connectivity index (χ3v) is 6.90. The molecule has 8 heteroatoms. The van der Waals surface area contributed by atoms with E-state index in [1.54, 1.807) is 23.5 Å². The molecule has 2 aliphatic heterocycles. The summed E-state index contributed by atoms with van der Waals surface area (Å²) in [5.41, 5.74) is 3.90. The molecular formula is C19H24N4O2S2. The summed E-state index contributed by atoms with van der Waals surface area (Å²) in [5.74, 6) is 1.26. The fourth-order valence-electron chi connectivity index (χ4n) is 3.73. The minimum absolute atomic E-state index is 0.0851. The number of nitrogens with zero attached hydrogens (tertiary/aromatic N) is 4. The maximum Gasteiger partial charge on any atom is 0.265 e. The van der Waals surface area contributed by atoms with Crippen LogP contribution in [0.2, 0.25) is 0 Å². The predicted octanol–water partition coefficient (Wildman–Crippen LogP) is 3.53. The van der Waals surface area contributed by atoms with Gasteiger partial charge in [-0.05, 0) is 38.2 Å². The van der Waals surface area contributed by atoms with Gasteiger partial charge in [0.25, 0.3) is 5.91 Å². The van der Waals surface area contributed by atoms with Gasteiger partial charge >= 0.3 is 0 Å². The third-order valence-electron chi connectivity index (χ3n) is 5.15. The second-order valence-electron chi connectivity index (χ2n) is 7.12. The summed E-state index contributed by atoms with van der Waals surface area (Å²) in [7, 11) is 0. The maximum atomic E-state index is 12.7. The maximum absolute atomic E-state index is 12.7. The molecule has 0 N–H and O–H groups in total. The first-order valence-electron chi connectivity index (χ1n) is 9.46. The Kier molecular flexibility index (Phi) is 6.04. The Morgan fingerprint density at radius 3 is 3.07 bits per heavy atom. The lowest BCUT2D eigenvalue weighted by Gasteiger charge is -2.32. The molecule has 0 saturated carbocycles. The van der Waals surface area contributed by atoms with Gasteiger partial charge in [-0.25, -0.2) is 9.97 Å². The molecule has 1 amide bonds. The zero-order chi connectivity index (χ0) is 18.6. The van der Waals surface area contributed by atoms with E-state index in [1.165, 1.54) is 11.3 Å². The number of ether oxygens (including phenoxy) is 1. The number of rotatable bonds is 5. The van der Waals surface area contributed by atoms with E-state index in [9.17, 15) is 4.79 Å². The molecule has 2 fully saturated rings. The molecule has 4 rings (SSSR count). The highest BCUT2D eigenvalue weighted by Crippen LogP contribution is 2.30. The van der Waals surface area contributed by atoms with E-state index in [1.807, 2.05) is 11.1 Å². The number of aryl methyl sites for hydroxylation is 1. The number of piperidine rings is 1. The Morgan fingerprint density at radius 2 is 2.30 bits per heavy atom. The van der Waals surface area contributed by atoms with Crippen LogP contribution in [0.15, 0.2) is 23.1 Å². The quantitative estimate of drug-likeness (QED) is 0.561. The Balaban J connectivity index is 1.44. The van der Waals surface area contributed by atoms with Gasteiger partial charge in [-0.1, -0.05) is 11.8 Å². The number of amides is 1. The SMILES string of the molecule is Cc1cnc(SC[C@H]2CCCO2)nc1[C@@H]1CCCN(C(=O)c2cncs2)C1. The molecule has 0 aromatic carbocycles. The Labute approximate surface area is 167 Å². The molecule has 0 bridgehead atoms. The van der Waals surface area contributed by atoms with Gasteiger partial charge in [0, 0.05) is 37.6 Å². The molecule has 0 spiro atoms. The summed E-state index contributed by atoms with van der Waals surface area (Å²) in [6.45, 7) is 4.45. The molecule has 0 unspecified atom stereocenters. The van der Waals surface area contributed by atoms with Crippen molar-refractivity contribution >= 4 is 29.0 Å². The van der Waals surface area contributed by atoms with Crippen molar-refractivity contribution < 1.29 is 9.53 Å². The number of thioether (sulfide) groups is 1. The molecule has 0 aliphatic carbocycles. The predicted molar refractivity (Wildman–Crippen MR) is 106 cm³/mol. The average Bonchev–Trinajstić information content (AvgIpc) is 3.41. The second kappa shape index (κ2) is 8.67. The summed E-state index contributed by atoms with van der Waals surface area (Å²) in [4.78, 5) is 28.7. The van der Waals surface area contributed by atoms with Crippen molar-refractivity contribution in [3.05, 3.63) is 34.0 Å². The summed E-state index contributed by atoms with van der Waals surface area (Å²) in [5, 5.41) is 0.817. The van der Waals surface area contributed by atoms with Crippen molar-refractivity contribution in [2.45, 2.75) is 49.8 Å². The lowest BCUT2D eigenvalue weighted by atomic mass is 9.92. The summed E-state index contributed by atoms with van der Waals surface area (Å²) >= 11 is 3.08. The van der Waals surface area contributed by atoms with Crippen LogP contribution < -0.4 is 0 Å². The normalized spacial score (nSPS) is 22.9. The Morgan fingerprint density at radius 1 is 1.37 bits per heavy atom. The lowest BCUT2D eigenvalue weighted by molar-refractivity contribution is 0.0710. The van der Waals surface area contributed by atoms with Crippen molar-refractivity contribution in [1.29, 1.82) is 0 Å². The van der Waals surface area contributed by atoms with Crippen LogP contribution in [-0.4, -0.2) is 57.3 Å². The monoisotopic (exact) mass is 404 g/mol. The molecule has 6 nitrogen and oxygen atoms in total. The van der Waals surface area contributed by atoms with E-state index in [0.717, 1.165) is 61.0 Å². The molecule has 2 aromatic rings. The molecule has 0 radical (unpaired) electrons. The van der Waals surface area contributed by atoms with Crippen molar-refractivity contribution in [2.75, 3.05) is 25.4 Å². The van der Waals surface area contributed by atoms with Gasteiger partial charge in [0.15, 0.2) is 5.16 Å². The van der Waals surface area contributed by atoms with Gasteiger partial charge in [-0.3, -0.25) is 9.78 Å². The molecular weight excluding hydrogens is 380 g/mol. The third kappa shape index (κ3) is 4.50. The minimum atomic E-state index is 0.0851. The zero-order valence-electron chi connectivity index (χ0n) is 15.5. The minimum Gasteiger partial charge on any atom is -0.377 e. The summed E-state index contributed by atoms with van der Waals surface area (Å²) in [6.07, 6.45) is 8.23. The van der Waals surface area contributed by atoms with E-state index in [4.69, 9.17) is 9.72 Å². The molecule has 2 atom stereocenters. The molecule has 2 aromatic heterocycles.